The smallest absolute Gasteiger partial charge is 0.259 e. The van der Waals surface area contributed by atoms with E-state index < -0.39 is 5.91 Å². The molecular weight excluding hydrogens is 314 g/mol. The van der Waals surface area contributed by atoms with E-state index in [4.69, 9.17) is 11.6 Å². The van der Waals surface area contributed by atoms with Crippen LogP contribution in [0.2, 0.25) is 5.02 Å². The quantitative estimate of drug-likeness (QED) is 0.653. The van der Waals surface area contributed by atoms with Gasteiger partial charge in [0.25, 0.3) is 11.8 Å². The fourth-order valence-electron chi connectivity index (χ4n) is 1.76. The number of nitrogens with zero attached hydrogens (tertiary/aromatic N) is 1. The average molecular weight is 330 g/mol. The SMILES string of the molecule is Cc1ccc(/C=N/NC(=O)CNC(=O)c2cccc(Cl)c2)cc1. The lowest BCUT2D eigenvalue weighted by Crippen LogP contribution is -2.34. The molecule has 6 heteroatoms. The fraction of sp³-hybridized carbons (Fsp3) is 0.118. The molecule has 0 radical (unpaired) electrons. The van der Waals surface area contributed by atoms with Gasteiger partial charge in [-0.25, -0.2) is 5.43 Å². The van der Waals surface area contributed by atoms with Crippen LogP contribution in [0.4, 0.5) is 0 Å². The average Bonchev–Trinajstić information content (AvgIpc) is 2.54. The predicted octanol–water partition coefficient (Wildman–Crippen LogP) is 2.53. The molecule has 0 atom stereocenters. The molecular formula is C17H16ClN3O2. The van der Waals surface area contributed by atoms with E-state index in [-0.39, 0.29) is 12.5 Å². The first-order chi connectivity index (χ1) is 11.0. The van der Waals surface area contributed by atoms with Crippen LogP contribution in [0.25, 0.3) is 0 Å². The van der Waals surface area contributed by atoms with Gasteiger partial charge >= 0.3 is 0 Å². The van der Waals surface area contributed by atoms with Gasteiger partial charge in [-0.1, -0.05) is 47.5 Å². The molecule has 2 amide bonds. The van der Waals surface area contributed by atoms with Crippen molar-refractivity contribution in [3.05, 3.63) is 70.2 Å². The second-order valence-electron chi connectivity index (χ2n) is 4.90. The maximum atomic E-state index is 11.8. The van der Waals surface area contributed by atoms with E-state index in [0.717, 1.165) is 11.1 Å². The Labute approximate surface area is 139 Å². The van der Waals surface area contributed by atoms with Crippen molar-refractivity contribution in [2.75, 3.05) is 6.54 Å². The van der Waals surface area contributed by atoms with E-state index in [2.05, 4.69) is 15.8 Å². The largest absolute Gasteiger partial charge is 0.343 e. The molecule has 2 aromatic carbocycles. The molecule has 0 heterocycles. The molecule has 118 valence electrons. The van der Waals surface area contributed by atoms with E-state index in [1.54, 1.807) is 18.2 Å². The van der Waals surface area contributed by atoms with Crippen LogP contribution < -0.4 is 10.7 Å². The molecule has 2 rings (SSSR count). The molecule has 0 saturated carbocycles. The summed E-state index contributed by atoms with van der Waals surface area (Å²) in [6, 6.07) is 14.2. The molecule has 0 spiro atoms. The number of benzene rings is 2. The van der Waals surface area contributed by atoms with Gasteiger partial charge in [0.1, 0.15) is 0 Å². The normalized spacial score (nSPS) is 10.5. The van der Waals surface area contributed by atoms with Crippen molar-refractivity contribution in [2.45, 2.75) is 6.92 Å². The summed E-state index contributed by atoms with van der Waals surface area (Å²) in [5, 5.41) is 6.80. The molecule has 0 aliphatic heterocycles. The topological polar surface area (TPSA) is 70.6 Å². The van der Waals surface area contributed by atoms with Gasteiger partial charge in [-0.2, -0.15) is 5.10 Å². The predicted molar refractivity (Wildman–Crippen MR) is 90.7 cm³/mol. The van der Waals surface area contributed by atoms with Crippen molar-refractivity contribution in [1.29, 1.82) is 0 Å². The lowest BCUT2D eigenvalue weighted by Gasteiger charge is -2.04. The van der Waals surface area contributed by atoms with Crippen LogP contribution in [0, 0.1) is 6.92 Å². The Morgan fingerprint density at radius 1 is 1.17 bits per heavy atom. The second-order valence-corrected chi connectivity index (χ2v) is 5.33. The molecule has 0 aliphatic rings. The number of carbonyl (C=O) groups excluding carboxylic acids is 2. The highest BCUT2D eigenvalue weighted by atomic mass is 35.5. The van der Waals surface area contributed by atoms with Crippen molar-refractivity contribution in [1.82, 2.24) is 10.7 Å². The third kappa shape index (κ3) is 5.56. The summed E-state index contributed by atoms with van der Waals surface area (Å²) in [6.45, 7) is 1.82. The molecule has 5 nitrogen and oxygen atoms in total. The summed E-state index contributed by atoms with van der Waals surface area (Å²) in [5.74, 6) is -0.783. The Hall–Kier alpha value is -2.66. The number of hydrazone groups is 1. The van der Waals surface area contributed by atoms with E-state index in [1.807, 2.05) is 31.2 Å². The van der Waals surface area contributed by atoms with E-state index in [9.17, 15) is 9.59 Å². The minimum Gasteiger partial charge on any atom is -0.343 e. The molecule has 2 N–H and O–H groups in total. The zero-order valence-electron chi connectivity index (χ0n) is 12.5. The summed E-state index contributed by atoms with van der Waals surface area (Å²) >= 11 is 5.81. The first-order valence-electron chi connectivity index (χ1n) is 6.97. The summed E-state index contributed by atoms with van der Waals surface area (Å²) in [7, 11) is 0. The highest BCUT2D eigenvalue weighted by Crippen LogP contribution is 2.10. The van der Waals surface area contributed by atoms with Gasteiger partial charge in [0.05, 0.1) is 12.8 Å². The minimum absolute atomic E-state index is 0.170. The number of carbonyl (C=O) groups is 2. The standard InChI is InChI=1S/C17H16ClN3O2/c1-12-5-7-13(8-6-12)10-20-21-16(22)11-19-17(23)14-3-2-4-15(18)9-14/h2-10H,11H2,1H3,(H,19,23)(H,21,22)/b20-10+. The van der Waals surface area contributed by atoms with Crippen LogP contribution in [0.15, 0.2) is 53.6 Å². The number of aryl methyl sites for hydroxylation is 1. The van der Waals surface area contributed by atoms with Crippen LogP contribution in [-0.2, 0) is 4.79 Å². The molecule has 0 bridgehead atoms. The number of rotatable bonds is 5. The maximum Gasteiger partial charge on any atom is 0.259 e. The van der Waals surface area contributed by atoms with E-state index in [1.165, 1.54) is 12.3 Å². The fourth-order valence-corrected chi connectivity index (χ4v) is 1.95. The number of hydrogen-bond acceptors (Lipinski definition) is 3. The minimum atomic E-state index is -0.413. The van der Waals surface area contributed by atoms with Crippen molar-refractivity contribution < 1.29 is 9.59 Å². The summed E-state index contributed by atoms with van der Waals surface area (Å²) in [4.78, 5) is 23.5. The second kappa shape index (κ2) is 8.10. The first-order valence-corrected chi connectivity index (χ1v) is 7.35. The number of amides is 2. The number of nitrogens with one attached hydrogen (secondary N) is 2. The molecule has 23 heavy (non-hydrogen) atoms. The monoisotopic (exact) mass is 329 g/mol. The number of halogens is 1. The molecule has 0 aliphatic carbocycles. The van der Waals surface area contributed by atoms with Crippen LogP contribution in [0.3, 0.4) is 0 Å². The van der Waals surface area contributed by atoms with Crippen LogP contribution >= 0.6 is 11.6 Å². The number of hydrogen-bond donors (Lipinski definition) is 2. The molecule has 0 saturated heterocycles. The Morgan fingerprint density at radius 3 is 2.61 bits per heavy atom. The van der Waals surface area contributed by atoms with Gasteiger partial charge in [0.2, 0.25) is 0 Å². The van der Waals surface area contributed by atoms with Gasteiger partial charge in [-0.15, -0.1) is 0 Å². The van der Waals surface area contributed by atoms with Crippen molar-refractivity contribution in [2.24, 2.45) is 5.10 Å². The van der Waals surface area contributed by atoms with Gasteiger partial charge in [0.15, 0.2) is 0 Å². The van der Waals surface area contributed by atoms with Crippen molar-refractivity contribution in [3.63, 3.8) is 0 Å². The highest BCUT2D eigenvalue weighted by molar-refractivity contribution is 6.30. The molecule has 2 aromatic rings. The molecule has 0 aromatic heterocycles. The van der Waals surface area contributed by atoms with Crippen molar-refractivity contribution >= 4 is 29.6 Å². The third-order valence-corrected chi connectivity index (χ3v) is 3.21. The van der Waals surface area contributed by atoms with Crippen molar-refractivity contribution in [3.8, 4) is 0 Å². The highest BCUT2D eigenvalue weighted by Gasteiger charge is 2.07. The lowest BCUT2D eigenvalue weighted by atomic mass is 10.2. The maximum absolute atomic E-state index is 11.8. The Balaban J connectivity index is 1.78. The van der Waals surface area contributed by atoms with Gasteiger partial charge in [-0.05, 0) is 30.7 Å². The Bertz CT molecular complexity index is 727. The zero-order valence-corrected chi connectivity index (χ0v) is 13.3. The van der Waals surface area contributed by atoms with Gasteiger partial charge in [-0.3, -0.25) is 9.59 Å². The van der Waals surface area contributed by atoms with Crippen LogP contribution in [-0.4, -0.2) is 24.6 Å². The molecule has 0 unspecified atom stereocenters. The van der Waals surface area contributed by atoms with E-state index in [0.29, 0.717) is 10.6 Å². The van der Waals surface area contributed by atoms with Crippen LogP contribution in [0.1, 0.15) is 21.5 Å². The molecule has 0 fully saturated rings. The summed E-state index contributed by atoms with van der Waals surface area (Å²) < 4.78 is 0. The summed E-state index contributed by atoms with van der Waals surface area (Å²) in [6.07, 6.45) is 1.54. The first kappa shape index (κ1) is 16.7. The van der Waals surface area contributed by atoms with Gasteiger partial charge < -0.3 is 5.32 Å². The van der Waals surface area contributed by atoms with Gasteiger partial charge in [0, 0.05) is 10.6 Å². The summed E-state index contributed by atoms with van der Waals surface area (Å²) in [5.41, 5.74) is 4.77. The lowest BCUT2D eigenvalue weighted by molar-refractivity contribution is -0.120. The van der Waals surface area contributed by atoms with E-state index >= 15 is 0 Å². The van der Waals surface area contributed by atoms with Crippen LogP contribution in [0.5, 0.6) is 0 Å². The zero-order chi connectivity index (χ0) is 16.7. The third-order valence-electron chi connectivity index (χ3n) is 2.98. The Kier molecular flexibility index (Phi) is 5.88. The Morgan fingerprint density at radius 2 is 1.91 bits per heavy atom.